The van der Waals surface area contributed by atoms with Crippen molar-refractivity contribution in [1.29, 1.82) is 0 Å². The Kier molecular flexibility index (Phi) is 18.9. The summed E-state index contributed by atoms with van der Waals surface area (Å²) in [7, 11) is -3.30. The molecule has 0 N–H and O–H groups in total. The van der Waals surface area contributed by atoms with E-state index in [1.807, 2.05) is 0 Å². The van der Waals surface area contributed by atoms with Gasteiger partial charge in [0.2, 0.25) is 18.2 Å². The van der Waals surface area contributed by atoms with Gasteiger partial charge in [-0.1, -0.05) is 110 Å². The van der Waals surface area contributed by atoms with Crippen LogP contribution in [0.3, 0.4) is 0 Å². The Hall–Kier alpha value is -1.64. The number of unbranched alkanes of at least 4 members (excludes halogenated alkanes) is 15. The van der Waals surface area contributed by atoms with Gasteiger partial charge in [-0.15, -0.1) is 0 Å². The summed E-state index contributed by atoms with van der Waals surface area (Å²) in [6.07, 6.45) is 24.3. The highest BCUT2D eigenvalue weighted by molar-refractivity contribution is 6.76. The van der Waals surface area contributed by atoms with Gasteiger partial charge < -0.3 is 0 Å². The molecule has 0 heterocycles. The third-order valence-corrected chi connectivity index (χ3v) is 7.41. The van der Waals surface area contributed by atoms with E-state index in [0.29, 0.717) is 6.04 Å². The molecule has 0 saturated carbocycles. The van der Waals surface area contributed by atoms with E-state index in [1.165, 1.54) is 102 Å². The van der Waals surface area contributed by atoms with Crippen LogP contribution in [0, 0.1) is 0 Å². The summed E-state index contributed by atoms with van der Waals surface area (Å²) in [5, 5.41) is 0. The molecule has 0 aromatic carbocycles. The maximum absolute atomic E-state index is 10.5. The van der Waals surface area contributed by atoms with Gasteiger partial charge in [0.25, 0.3) is 0 Å². The van der Waals surface area contributed by atoms with Crippen molar-refractivity contribution in [3.8, 4) is 0 Å². The predicted octanol–water partition coefficient (Wildman–Crippen LogP) is 6.19. The molecular formula is C21H37N3O3Si. The fraction of sp³-hybridized carbons (Fsp3) is 0.857. The molecule has 0 aromatic heterocycles. The number of nitrogens with zero attached hydrogens (tertiary/aromatic N) is 3. The fourth-order valence-corrected chi connectivity index (χ4v) is 5.02. The van der Waals surface area contributed by atoms with Gasteiger partial charge in [0.05, 0.1) is 0 Å². The lowest BCUT2D eigenvalue weighted by atomic mass is 10.0. The minimum absolute atomic E-state index is 0.352. The molecule has 0 rings (SSSR count). The van der Waals surface area contributed by atoms with Gasteiger partial charge in [0.1, 0.15) is 0 Å². The highest BCUT2D eigenvalue weighted by atomic mass is 28.4. The van der Waals surface area contributed by atoms with E-state index in [0.717, 1.165) is 19.3 Å². The first-order chi connectivity index (χ1) is 13.7. The van der Waals surface area contributed by atoms with Crippen molar-refractivity contribution < 1.29 is 14.4 Å². The first-order valence-electron chi connectivity index (χ1n) is 11.0. The van der Waals surface area contributed by atoms with Gasteiger partial charge in [-0.25, -0.2) is 14.4 Å². The van der Waals surface area contributed by atoms with Crippen molar-refractivity contribution in [2.75, 3.05) is 0 Å². The van der Waals surface area contributed by atoms with Crippen LogP contribution in [0.2, 0.25) is 6.04 Å². The van der Waals surface area contributed by atoms with Crippen LogP contribution in [0.1, 0.15) is 110 Å². The monoisotopic (exact) mass is 407 g/mol. The second-order valence-electron chi connectivity index (χ2n) is 7.44. The van der Waals surface area contributed by atoms with Crippen LogP contribution in [0.4, 0.5) is 0 Å². The molecule has 0 amide bonds. The summed E-state index contributed by atoms with van der Waals surface area (Å²) in [5.41, 5.74) is 0. The van der Waals surface area contributed by atoms with Crippen molar-refractivity contribution in [3.63, 3.8) is 0 Å². The third-order valence-electron chi connectivity index (χ3n) is 5.04. The second kappa shape index (κ2) is 20.1. The summed E-state index contributed by atoms with van der Waals surface area (Å²) >= 11 is 0. The van der Waals surface area contributed by atoms with Crippen LogP contribution >= 0.6 is 0 Å². The lowest BCUT2D eigenvalue weighted by Gasteiger charge is -2.10. The first-order valence-corrected chi connectivity index (χ1v) is 13.1. The molecule has 158 valence electrons. The predicted molar refractivity (Wildman–Crippen MR) is 114 cm³/mol. The molecule has 0 fully saturated rings. The van der Waals surface area contributed by atoms with Gasteiger partial charge in [0, 0.05) is 6.04 Å². The Balaban J connectivity index is 3.58. The van der Waals surface area contributed by atoms with Crippen LogP contribution in [0.25, 0.3) is 0 Å². The third kappa shape index (κ3) is 15.4. The molecule has 0 aliphatic heterocycles. The molecule has 0 radical (unpaired) electrons. The van der Waals surface area contributed by atoms with E-state index in [4.69, 9.17) is 0 Å². The van der Waals surface area contributed by atoms with E-state index < -0.39 is 8.56 Å². The second-order valence-corrected chi connectivity index (χ2v) is 10.2. The van der Waals surface area contributed by atoms with E-state index in [-0.39, 0.29) is 0 Å². The van der Waals surface area contributed by atoms with Gasteiger partial charge in [-0.3, -0.25) is 0 Å². The standard InChI is InChI=1S/C21H37N3O3Si/c1-2-3-4-5-6-7-8-9-10-11-12-13-14-15-16-17-18-28(22-19-25,23-20-26)24-21-27/h2-18H2,1H3. The van der Waals surface area contributed by atoms with Crippen LogP contribution in [0.5, 0.6) is 0 Å². The van der Waals surface area contributed by atoms with Gasteiger partial charge in [-0.05, 0) is 0 Å². The van der Waals surface area contributed by atoms with Gasteiger partial charge >= 0.3 is 8.56 Å². The highest BCUT2D eigenvalue weighted by Gasteiger charge is 2.35. The highest BCUT2D eigenvalue weighted by Crippen LogP contribution is 2.20. The molecule has 0 unspecified atom stereocenters. The average molecular weight is 408 g/mol. The SMILES string of the molecule is CCCCCCCCCCCCCCCCCC[Si](N=C=O)(N=C=O)N=C=O. The molecule has 0 spiro atoms. The first kappa shape index (κ1) is 26.4. The van der Waals surface area contributed by atoms with Crippen LogP contribution in [-0.2, 0) is 14.4 Å². The summed E-state index contributed by atoms with van der Waals surface area (Å²) in [6, 6.07) is 0.352. The van der Waals surface area contributed by atoms with Crippen molar-refractivity contribution in [2.24, 2.45) is 14.0 Å². The summed E-state index contributed by atoms with van der Waals surface area (Å²) in [5.74, 6) is 0. The average Bonchev–Trinajstić information content (AvgIpc) is 2.68. The molecule has 0 aromatic rings. The quantitative estimate of drug-likeness (QED) is 0.104. The minimum Gasteiger partial charge on any atom is -0.212 e. The van der Waals surface area contributed by atoms with Gasteiger partial charge in [-0.2, -0.15) is 14.0 Å². The van der Waals surface area contributed by atoms with Crippen molar-refractivity contribution in [1.82, 2.24) is 0 Å². The molecule has 0 aliphatic rings. The van der Waals surface area contributed by atoms with E-state index >= 15 is 0 Å². The fourth-order valence-electron chi connectivity index (χ4n) is 3.37. The maximum Gasteiger partial charge on any atom is 0.467 e. The molecular weight excluding hydrogens is 370 g/mol. The van der Waals surface area contributed by atoms with Crippen molar-refractivity contribution >= 4 is 26.8 Å². The molecule has 0 atom stereocenters. The smallest absolute Gasteiger partial charge is 0.212 e. The summed E-state index contributed by atoms with van der Waals surface area (Å²) in [4.78, 5) is 31.5. The summed E-state index contributed by atoms with van der Waals surface area (Å²) < 4.78 is 10.6. The van der Waals surface area contributed by atoms with E-state index in [1.54, 1.807) is 0 Å². The Morgan fingerprint density at radius 1 is 0.500 bits per heavy atom. The van der Waals surface area contributed by atoms with Crippen LogP contribution < -0.4 is 0 Å². The Bertz CT molecular complexity index is 477. The topological polar surface area (TPSA) is 88.3 Å². The zero-order valence-electron chi connectivity index (χ0n) is 17.6. The van der Waals surface area contributed by atoms with Crippen LogP contribution in [0.15, 0.2) is 14.0 Å². The van der Waals surface area contributed by atoms with Gasteiger partial charge in [0.15, 0.2) is 0 Å². The van der Waals surface area contributed by atoms with Crippen LogP contribution in [-0.4, -0.2) is 26.8 Å². The number of hydrogen-bond acceptors (Lipinski definition) is 6. The molecule has 0 aliphatic carbocycles. The lowest BCUT2D eigenvalue weighted by Crippen LogP contribution is -2.27. The maximum atomic E-state index is 10.5. The van der Waals surface area contributed by atoms with E-state index in [9.17, 15) is 14.4 Å². The minimum atomic E-state index is -3.30. The van der Waals surface area contributed by atoms with E-state index in [2.05, 4.69) is 20.9 Å². The normalized spacial score (nSPS) is 12.3. The number of rotatable bonds is 20. The number of hydrogen-bond donors (Lipinski definition) is 0. The molecule has 6 nitrogen and oxygen atoms in total. The summed E-state index contributed by atoms with van der Waals surface area (Å²) in [6.45, 7) is 2.26. The van der Waals surface area contributed by atoms with Crippen molar-refractivity contribution in [2.45, 2.75) is 116 Å². The lowest BCUT2D eigenvalue weighted by molar-refractivity contribution is 0.531. The Morgan fingerprint density at radius 3 is 1.07 bits per heavy atom. The molecule has 28 heavy (non-hydrogen) atoms. The molecule has 7 heteroatoms. The Labute approximate surface area is 171 Å². The number of carbonyl (C=O) groups excluding carboxylic acids is 3. The molecule has 0 saturated heterocycles. The number of isocyanates is 3. The Morgan fingerprint density at radius 2 is 0.786 bits per heavy atom. The van der Waals surface area contributed by atoms with Crippen molar-refractivity contribution in [3.05, 3.63) is 0 Å². The zero-order chi connectivity index (χ0) is 20.8. The zero-order valence-corrected chi connectivity index (χ0v) is 18.6. The largest absolute Gasteiger partial charge is 0.467 e. The molecule has 0 bridgehead atoms.